The van der Waals surface area contributed by atoms with E-state index in [1.165, 1.54) is 19.3 Å². The molecule has 0 bridgehead atoms. The number of aliphatic hydroxyl groups excluding tert-OH is 2. The van der Waals surface area contributed by atoms with E-state index in [0.717, 1.165) is 38.5 Å². The van der Waals surface area contributed by atoms with Crippen molar-refractivity contribution < 1.29 is 14.9 Å². The molecule has 2 N–H and O–H groups in total. The van der Waals surface area contributed by atoms with E-state index in [0.29, 0.717) is 12.5 Å². The van der Waals surface area contributed by atoms with Crippen molar-refractivity contribution in [3.63, 3.8) is 0 Å². The molecule has 2 rings (SSSR count). The van der Waals surface area contributed by atoms with Crippen LogP contribution in [-0.2, 0) is 4.74 Å². The number of morpholine rings is 1. The molecule has 1 aliphatic heterocycles. The molecule has 2 aliphatic rings. The Hall–Kier alpha value is -0.160. The van der Waals surface area contributed by atoms with Gasteiger partial charge in [0, 0.05) is 13.1 Å². The molecule has 0 spiro atoms. The summed E-state index contributed by atoms with van der Waals surface area (Å²) >= 11 is 0. The van der Waals surface area contributed by atoms with Crippen LogP contribution in [0.15, 0.2) is 0 Å². The van der Waals surface area contributed by atoms with Gasteiger partial charge in [0.2, 0.25) is 0 Å². The Bertz CT molecular complexity index is 262. The lowest BCUT2D eigenvalue weighted by Crippen LogP contribution is -2.51. The van der Waals surface area contributed by atoms with Gasteiger partial charge < -0.3 is 14.9 Å². The molecule has 0 radical (unpaired) electrons. The molecule has 0 amide bonds. The Balaban J connectivity index is 1.87. The van der Waals surface area contributed by atoms with E-state index in [9.17, 15) is 10.2 Å². The first-order chi connectivity index (χ1) is 9.24. The summed E-state index contributed by atoms with van der Waals surface area (Å²) in [5.74, 6) is 1.16. The molecule has 4 heteroatoms. The van der Waals surface area contributed by atoms with Crippen LogP contribution in [0.3, 0.4) is 0 Å². The number of nitrogens with zero attached hydrogens (tertiary/aromatic N) is 1. The monoisotopic (exact) mass is 271 g/mol. The van der Waals surface area contributed by atoms with E-state index in [2.05, 4.69) is 11.8 Å². The second kappa shape index (κ2) is 7.58. The molecule has 4 atom stereocenters. The summed E-state index contributed by atoms with van der Waals surface area (Å²) in [7, 11) is 0. The zero-order valence-electron chi connectivity index (χ0n) is 12.1. The molecule has 4 nitrogen and oxygen atoms in total. The molecule has 4 unspecified atom stereocenters. The van der Waals surface area contributed by atoms with Gasteiger partial charge in [-0.25, -0.2) is 0 Å². The van der Waals surface area contributed by atoms with Gasteiger partial charge in [-0.05, 0) is 31.1 Å². The van der Waals surface area contributed by atoms with Crippen LogP contribution < -0.4 is 0 Å². The molecule has 1 aliphatic carbocycles. The second-order valence-electron chi connectivity index (χ2n) is 6.20. The van der Waals surface area contributed by atoms with Crippen molar-refractivity contribution in [1.82, 2.24) is 4.90 Å². The van der Waals surface area contributed by atoms with Crippen LogP contribution in [0.1, 0.15) is 39.0 Å². The van der Waals surface area contributed by atoms with Crippen molar-refractivity contribution in [3.8, 4) is 0 Å². The first-order valence-corrected chi connectivity index (χ1v) is 7.85. The highest BCUT2D eigenvalue weighted by Gasteiger charge is 2.32. The van der Waals surface area contributed by atoms with Crippen molar-refractivity contribution in [1.29, 1.82) is 0 Å². The van der Waals surface area contributed by atoms with Crippen LogP contribution >= 0.6 is 0 Å². The van der Waals surface area contributed by atoms with E-state index >= 15 is 0 Å². The minimum absolute atomic E-state index is 0.118. The smallest absolute Gasteiger partial charge is 0.0644 e. The van der Waals surface area contributed by atoms with Crippen LogP contribution in [-0.4, -0.2) is 60.2 Å². The van der Waals surface area contributed by atoms with Crippen molar-refractivity contribution >= 4 is 0 Å². The molecule has 0 aromatic carbocycles. The van der Waals surface area contributed by atoms with Crippen molar-refractivity contribution in [2.24, 2.45) is 11.8 Å². The zero-order chi connectivity index (χ0) is 13.7. The normalized spacial score (nSPS) is 37.4. The highest BCUT2D eigenvalue weighted by Crippen LogP contribution is 2.33. The van der Waals surface area contributed by atoms with E-state index in [1.807, 2.05) is 0 Å². The molecule has 1 heterocycles. The first-order valence-electron chi connectivity index (χ1n) is 7.85. The van der Waals surface area contributed by atoms with Crippen LogP contribution in [0.4, 0.5) is 0 Å². The van der Waals surface area contributed by atoms with Gasteiger partial charge >= 0.3 is 0 Å². The quantitative estimate of drug-likeness (QED) is 0.790. The largest absolute Gasteiger partial charge is 0.395 e. The average molecular weight is 271 g/mol. The van der Waals surface area contributed by atoms with E-state index in [4.69, 9.17) is 4.74 Å². The average Bonchev–Trinajstić information content (AvgIpc) is 2.43. The van der Waals surface area contributed by atoms with Gasteiger partial charge in [-0.2, -0.15) is 0 Å². The maximum absolute atomic E-state index is 10.2. The lowest BCUT2D eigenvalue weighted by Gasteiger charge is -2.40. The van der Waals surface area contributed by atoms with Crippen LogP contribution in [0.2, 0.25) is 0 Å². The Kier molecular flexibility index (Phi) is 6.07. The van der Waals surface area contributed by atoms with Crippen LogP contribution in [0.25, 0.3) is 0 Å². The fourth-order valence-electron chi connectivity index (χ4n) is 3.61. The molecule has 0 aromatic rings. The Morgan fingerprint density at radius 2 is 2.16 bits per heavy atom. The van der Waals surface area contributed by atoms with Gasteiger partial charge in [0.1, 0.15) is 0 Å². The van der Waals surface area contributed by atoms with Crippen LogP contribution in [0.5, 0.6) is 0 Å². The highest BCUT2D eigenvalue weighted by molar-refractivity contribution is 4.85. The van der Waals surface area contributed by atoms with Gasteiger partial charge in [0.15, 0.2) is 0 Å². The van der Waals surface area contributed by atoms with E-state index in [1.54, 1.807) is 0 Å². The third-order valence-electron chi connectivity index (χ3n) is 4.78. The summed E-state index contributed by atoms with van der Waals surface area (Å²) in [4.78, 5) is 2.31. The SMILES string of the molecule is CCCC1CCC(O)C(CN2CCOCC2CO)C1. The number of hydrogen-bond donors (Lipinski definition) is 2. The maximum Gasteiger partial charge on any atom is 0.0644 e. The fourth-order valence-corrected chi connectivity index (χ4v) is 3.61. The lowest BCUT2D eigenvalue weighted by atomic mass is 9.77. The third kappa shape index (κ3) is 4.15. The molecular formula is C15H29NO3. The Labute approximate surface area is 116 Å². The highest BCUT2D eigenvalue weighted by atomic mass is 16.5. The number of aliphatic hydroxyl groups is 2. The summed E-state index contributed by atoms with van der Waals surface area (Å²) in [5.41, 5.74) is 0. The third-order valence-corrected chi connectivity index (χ3v) is 4.78. The lowest BCUT2D eigenvalue weighted by molar-refractivity contribution is -0.0525. The first kappa shape index (κ1) is 15.2. The maximum atomic E-state index is 10.2. The minimum atomic E-state index is -0.157. The summed E-state index contributed by atoms with van der Waals surface area (Å²) in [6.45, 7) is 5.56. The minimum Gasteiger partial charge on any atom is -0.395 e. The molecule has 2 fully saturated rings. The molecule has 1 saturated heterocycles. The molecule has 112 valence electrons. The predicted molar refractivity (Wildman–Crippen MR) is 75.0 cm³/mol. The van der Waals surface area contributed by atoms with Crippen molar-refractivity contribution in [2.75, 3.05) is 32.9 Å². The van der Waals surface area contributed by atoms with E-state index < -0.39 is 0 Å². The van der Waals surface area contributed by atoms with Gasteiger partial charge in [-0.1, -0.05) is 19.8 Å². The van der Waals surface area contributed by atoms with Gasteiger partial charge in [0.25, 0.3) is 0 Å². The summed E-state index contributed by atoms with van der Waals surface area (Å²) in [5, 5.41) is 19.6. The standard InChI is InChI=1S/C15H29NO3/c1-2-3-12-4-5-15(18)13(8-12)9-16-6-7-19-11-14(16)10-17/h12-15,17-18H,2-11H2,1H3. The van der Waals surface area contributed by atoms with E-state index in [-0.39, 0.29) is 18.8 Å². The fraction of sp³-hybridized carbons (Fsp3) is 1.00. The zero-order valence-corrected chi connectivity index (χ0v) is 12.1. The van der Waals surface area contributed by atoms with Crippen molar-refractivity contribution in [2.45, 2.75) is 51.2 Å². The number of rotatable bonds is 5. The molecule has 0 aromatic heterocycles. The molecule has 1 saturated carbocycles. The van der Waals surface area contributed by atoms with Crippen molar-refractivity contribution in [3.05, 3.63) is 0 Å². The van der Waals surface area contributed by atoms with Gasteiger partial charge in [-0.15, -0.1) is 0 Å². The number of hydrogen-bond acceptors (Lipinski definition) is 4. The summed E-state index contributed by atoms with van der Waals surface area (Å²) in [6, 6.07) is 0.118. The topological polar surface area (TPSA) is 52.9 Å². The Morgan fingerprint density at radius 3 is 2.89 bits per heavy atom. The van der Waals surface area contributed by atoms with Gasteiger partial charge in [-0.3, -0.25) is 4.90 Å². The number of ether oxygens (including phenoxy) is 1. The predicted octanol–water partition coefficient (Wildman–Crippen LogP) is 1.26. The Morgan fingerprint density at radius 1 is 1.32 bits per heavy atom. The molecule has 19 heavy (non-hydrogen) atoms. The molecular weight excluding hydrogens is 242 g/mol. The summed E-state index contributed by atoms with van der Waals surface area (Å²) < 4.78 is 5.41. The van der Waals surface area contributed by atoms with Gasteiger partial charge in [0.05, 0.1) is 32.0 Å². The van der Waals surface area contributed by atoms with Crippen LogP contribution in [0, 0.1) is 11.8 Å². The second-order valence-corrected chi connectivity index (χ2v) is 6.20. The summed E-state index contributed by atoms with van der Waals surface area (Å²) in [6.07, 6.45) is 5.64.